The van der Waals surface area contributed by atoms with Crippen LogP contribution in [0.5, 0.6) is 0 Å². The fraction of sp³-hybridized carbons (Fsp3) is 0.118. The van der Waals surface area contributed by atoms with Crippen molar-refractivity contribution >= 4 is 100 Å². The smallest absolute Gasteiger partial charge is 0.159 e. The number of hydrogen-bond donors (Lipinski definition) is 0. The van der Waals surface area contributed by atoms with Crippen LogP contribution >= 0.6 is 0 Å². The van der Waals surface area contributed by atoms with Crippen LogP contribution in [0, 0.1) is 23.2 Å². The molecule has 2 aromatic heterocycles. The highest BCUT2D eigenvalue weighted by Crippen LogP contribution is 2.67. The van der Waals surface area contributed by atoms with Gasteiger partial charge in [0.05, 0.1) is 33.9 Å². The van der Waals surface area contributed by atoms with Gasteiger partial charge < -0.3 is 18.6 Å². The van der Waals surface area contributed by atoms with Crippen molar-refractivity contribution in [1.82, 2.24) is 0 Å². The number of furan rings is 2. The summed E-state index contributed by atoms with van der Waals surface area (Å²) in [5.74, 6) is 0.641. The summed E-state index contributed by atoms with van der Waals surface area (Å²) in [6, 6.07) is 70.5. The van der Waals surface area contributed by atoms with Crippen molar-refractivity contribution in [1.29, 1.82) is 0 Å². The molecule has 3 aliphatic carbocycles. The van der Waals surface area contributed by atoms with Gasteiger partial charge in [0, 0.05) is 49.7 Å². The molecule has 15 rings (SSSR count). The van der Waals surface area contributed by atoms with Crippen LogP contribution < -0.4 is 9.80 Å². The molecule has 0 N–H and O–H groups in total. The van der Waals surface area contributed by atoms with E-state index in [2.05, 4.69) is 250 Å². The number of hydrogen-bond acceptors (Lipinski definition) is 4. The number of rotatable bonds is 5. The highest BCUT2D eigenvalue weighted by atomic mass is 16.3. The Morgan fingerprint density at radius 1 is 0.472 bits per heavy atom. The molecule has 0 radical (unpaired) electrons. The molecule has 72 heavy (non-hydrogen) atoms. The molecule has 11 aromatic rings. The summed E-state index contributed by atoms with van der Waals surface area (Å²) in [6.45, 7) is 9.85. The van der Waals surface area contributed by atoms with Gasteiger partial charge >= 0.3 is 0 Å². The lowest BCUT2D eigenvalue weighted by molar-refractivity contribution is 0.496. The molecule has 3 heterocycles. The van der Waals surface area contributed by atoms with Crippen molar-refractivity contribution in [3.63, 3.8) is 0 Å². The van der Waals surface area contributed by atoms with Gasteiger partial charge in [-0.1, -0.05) is 190 Å². The quantitative estimate of drug-likeness (QED) is 0.161. The minimum absolute atomic E-state index is 0.169. The van der Waals surface area contributed by atoms with Crippen molar-refractivity contribution in [2.75, 3.05) is 9.80 Å². The van der Waals surface area contributed by atoms with E-state index in [1.165, 1.54) is 50.1 Å². The number of benzene rings is 9. The van der Waals surface area contributed by atoms with Crippen molar-refractivity contribution in [2.45, 2.75) is 27.7 Å². The summed E-state index contributed by atoms with van der Waals surface area (Å²) in [4.78, 5) is 5.07. The van der Waals surface area contributed by atoms with E-state index in [1.807, 2.05) is 0 Å². The van der Waals surface area contributed by atoms with Gasteiger partial charge in [-0.3, -0.25) is 0 Å². The molecule has 0 fully saturated rings. The number of nitrogens with zero attached hydrogens (tertiary/aromatic N) is 2. The van der Waals surface area contributed by atoms with E-state index >= 15 is 0 Å². The Balaban J connectivity index is 1.08. The summed E-state index contributed by atoms with van der Waals surface area (Å²) in [5, 5.41) is 6.78. The van der Waals surface area contributed by atoms with Gasteiger partial charge in [0.1, 0.15) is 11.2 Å². The van der Waals surface area contributed by atoms with Crippen LogP contribution in [-0.4, -0.2) is 0 Å². The van der Waals surface area contributed by atoms with Crippen LogP contribution in [0.3, 0.4) is 0 Å². The maximum atomic E-state index is 6.98. The zero-order valence-corrected chi connectivity index (χ0v) is 40.7. The lowest BCUT2D eigenvalue weighted by atomic mass is 9.53. The molecule has 344 valence electrons. The second-order valence-corrected chi connectivity index (χ2v) is 20.5. The minimum atomic E-state index is -0.547. The van der Waals surface area contributed by atoms with Crippen molar-refractivity contribution in [3.05, 3.63) is 240 Å². The summed E-state index contributed by atoms with van der Waals surface area (Å²) in [5.41, 5.74) is 21.4. The third-order valence-electron chi connectivity index (χ3n) is 16.7. The van der Waals surface area contributed by atoms with Gasteiger partial charge in [-0.2, -0.15) is 0 Å². The van der Waals surface area contributed by atoms with Crippen molar-refractivity contribution in [2.24, 2.45) is 23.2 Å². The first-order chi connectivity index (χ1) is 35.4. The molecule has 1 aliphatic heterocycles. The van der Waals surface area contributed by atoms with E-state index in [1.54, 1.807) is 0 Å². The summed E-state index contributed by atoms with van der Waals surface area (Å²) in [6.07, 6.45) is 7.75. The maximum absolute atomic E-state index is 6.98. The fourth-order valence-corrected chi connectivity index (χ4v) is 13.7. The predicted octanol–water partition coefficient (Wildman–Crippen LogP) is 19.0. The highest BCUT2D eigenvalue weighted by Gasteiger charge is 2.53. The molecular weight excluding hydrogens is 877 g/mol. The van der Waals surface area contributed by atoms with Crippen LogP contribution in [0.4, 0.5) is 28.4 Å². The Labute approximate surface area is 418 Å². The van der Waals surface area contributed by atoms with E-state index in [-0.39, 0.29) is 17.8 Å². The molecule has 4 aliphatic rings. The summed E-state index contributed by atoms with van der Waals surface area (Å²) < 4.78 is 13.9. The third kappa shape index (κ3) is 5.58. The van der Waals surface area contributed by atoms with Gasteiger partial charge in [-0.05, 0) is 106 Å². The topological polar surface area (TPSA) is 32.8 Å². The molecule has 2 bridgehead atoms. The van der Waals surface area contributed by atoms with E-state index < -0.39 is 5.41 Å². The molecule has 4 nitrogen and oxygen atoms in total. The first-order valence-corrected chi connectivity index (χ1v) is 25.5. The lowest BCUT2D eigenvalue weighted by Crippen LogP contribution is -2.43. The molecule has 0 saturated carbocycles. The zero-order valence-electron chi connectivity index (χ0n) is 40.7. The fourth-order valence-electron chi connectivity index (χ4n) is 13.7. The molecule has 4 atom stereocenters. The summed E-state index contributed by atoms with van der Waals surface area (Å²) in [7, 11) is 0. The first-order valence-electron chi connectivity index (χ1n) is 25.5. The van der Waals surface area contributed by atoms with E-state index in [0.717, 1.165) is 88.8 Å². The number of para-hydroxylation sites is 6. The Bertz CT molecular complexity index is 4250. The predicted molar refractivity (Wildman–Crippen MR) is 300 cm³/mol. The second-order valence-electron chi connectivity index (χ2n) is 20.5. The van der Waals surface area contributed by atoms with Gasteiger partial charge in [0.2, 0.25) is 0 Å². The number of anilines is 5. The first kappa shape index (κ1) is 41.2. The van der Waals surface area contributed by atoms with E-state index in [0.29, 0.717) is 0 Å². The summed E-state index contributed by atoms with van der Waals surface area (Å²) >= 11 is 0. The van der Waals surface area contributed by atoms with Gasteiger partial charge in [-0.15, -0.1) is 0 Å². The van der Waals surface area contributed by atoms with Gasteiger partial charge in [0.25, 0.3) is 0 Å². The molecular formula is C68H50N2O2. The van der Waals surface area contributed by atoms with E-state index in [9.17, 15) is 0 Å². The SMILES string of the molecule is CC1C=C2c3ccccc3N(c3cccc4c3oc3ccccc34)C3=Cc4c(cc(N(c5ccccc5-c5ccccc5)c5cccc6c5oc5ccccc56)c5ccccc45)C4=CC(C)C1=C(C2C)C43C. The molecule has 4 unspecified atom stereocenters. The average molecular weight is 927 g/mol. The molecule has 0 spiro atoms. The van der Waals surface area contributed by atoms with Crippen LogP contribution in [0.15, 0.2) is 232 Å². The highest BCUT2D eigenvalue weighted by molar-refractivity contribution is 6.16. The maximum Gasteiger partial charge on any atom is 0.159 e. The van der Waals surface area contributed by atoms with Crippen LogP contribution in [0.25, 0.3) is 83.0 Å². The Morgan fingerprint density at radius 3 is 1.82 bits per heavy atom. The average Bonchev–Trinajstić information content (AvgIpc) is 4.00. The van der Waals surface area contributed by atoms with Gasteiger partial charge in [-0.25, -0.2) is 0 Å². The Kier molecular flexibility index (Phi) is 8.70. The molecule has 4 heteroatoms. The monoisotopic (exact) mass is 926 g/mol. The number of fused-ring (bicyclic) bond motifs is 13. The lowest BCUT2D eigenvalue weighted by Gasteiger charge is -2.54. The Morgan fingerprint density at radius 2 is 1.04 bits per heavy atom. The van der Waals surface area contributed by atoms with Crippen LogP contribution in [0.2, 0.25) is 0 Å². The largest absolute Gasteiger partial charge is 0.454 e. The second kappa shape index (κ2) is 15.2. The van der Waals surface area contributed by atoms with Gasteiger partial charge in [0.15, 0.2) is 11.2 Å². The van der Waals surface area contributed by atoms with Crippen molar-refractivity contribution in [3.8, 4) is 11.1 Å². The number of allylic oxidation sites excluding steroid dienone is 5. The van der Waals surface area contributed by atoms with Crippen LogP contribution in [-0.2, 0) is 0 Å². The normalized spacial score (nSPS) is 20.0. The molecule has 0 saturated heterocycles. The van der Waals surface area contributed by atoms with Crippen molar-refractivity contribution < 1.29 is 8.83 Å². The van der Waals surface area contributed by atoms with Crippen LogP contribution in [0.1, 0.15) is 44.4 Å². The standard InChI is InChI=1S/C68H50N2O2/c1-40-36-52-42(3)65-64(40)41(2)37-55-54-38-60(69(56-30-14-10-22-44(56)43-20-6-5-7-21-43)58-32-18-28-50-48-26-12-16-34-61(48)71-66(50)58)46-24-9-8-23-45(46)53(54)39-63(68(55,65)4)70(57-31-15-11-25-47(52)57)59-33-19-29-51-49-27-13-17-35-62(49)72-67(51)59/h5-42H,1-4H3. The van der Waals surface area contributed by atoms with E-state index in [4.69, 9.17) is 8.83 Å². The Hall–Kier alpha value is -8.60. The minimum Gasteiger partial charge on any atom is -0.454 e. The third-order valence-corrected chi connectivity index (χ3v) is 16.7. The molecule has 9 aromatic carbocycles. The zero-order chi connectivity index (χ0) is 48.0. The molecule has 0 amide bonds.